The second kappa shape index (κ2) is 3.29. The fourth-order valence-corrected chi connectivity index (χ4v) is 4.39. The molecule has 2 aliphatic rings. The lowest BCUT2D eigenvalue weighted by Crippen LogP contribution is -2.65. The number of fused-ring (bicyclic) bond motifs is 1. The summed E-state index contributed by atoms with van der Waals surface area (Å²) < 4.78 is 6.08. The van der Waals surface area contributed by atoms with E-state index in [2.05, 4.69) is 31.8 Å². The third-order valence-electron chi connectivity index (χ3n) is 3.40. The van der Waals surface area contributed by atoms with E-state index in [0.29, 0.717) is 11.7 Å². The molecule has 0 aromatic heterocycles. The zero-order valence-corrected chi connectivity index (χ0v) is 11.0. The van der Waals surface area contributed by atoms with E-state index >= 15 is 0 Å². The van der Waals surface area contributed by atoms with E-state index in [1.165, 1.54) is 0 Å². The Kier molecular flexibility index (Phi) is 2.43. The maximum Gasteiger partial charge on any atom is 0.185 e. The molecule has 0 spiro atoms. The molecule has 3 heteroatoms. The molecule has 3 unspecified atom stereocenters. The summed E-state index contributed by atoms with van der Waals surface area (Å²) in [6, 6.07) is 0. The van der Waals surface area contributed by atoms with Gasteiger partial charge in [-0.3, -0.25) is 4.79 Å². The standard InChI is InChI=1S/C12H20O2Si/c1-12(14-15(2,3)4)10-8-6-5-7-9(10)11(12)13/h6,8-10H,5,7H2,1-4H3. The van der Waals surface area contributed by atoms with Crippen molar-refractivity contribution in [1.82, 2.24) is 0 Å². The van der Waals surface area contributed by atoms with Crippen LogP contribution in [0.15, 0.2) is 12.2 Å². The topological polar surface area (TPSA) is 26.3 Å². The first-order valence-electron chi connectivity index (χ1n) is 5.76. The van der Waals surface area contributed by atoms with Crippen molar-refractivity contribution in [3.05, 3.63) is 12.2 Å². The summed E-state index contributed by atoms with van der Waals surface area (Å²) >= 11 is 0. The molecular weight excluding hydrogens is 204 g/mol. The van der Waals surface area contributed by atoms with Gasteiger partial charge < -0.3 is 4.43 Å². The summed E-state index contributed by atoms with van der Waals surface area (Å²) in [5.41, 5.74) is -0.508. The highest BCUT2D eigenvalue weighted by Crippen LogP contribution is 2.49. The molecule has 84 valence electrons. The Morgan fingerprint density at radius 2 is 2.13 bits per heavy atom. The summed E-state index contributed by atoms with van der Waals surface area (Å²) in [5.74, 6) is 0.918. The van der Waals surface area contributed by atoms with Crippen molar-refractivity contribution in [3.8, 4) is 0 Å². The fourth-order valence-electron chi connectivity index (χ4n) is 2.88. The van der Waals surface area contributed by atoms with E-state index in [0.717, 1.165) is 12.8 Å². The van der Waals surface area contributed by atoms with Gasteiger partial charge in [-0.1, -0.05) is 12.2 Å². The van der Waals surface area contributed by atoms with E-state index in [4.69, 9.17) is 4.43 Å². The van der Waals surface area contributed by atoms with E-state index < -0.39 is 13.9 Å². The van der Waals surface area contributed by atoms with Crippen LogP contribution in [0, 0.1) is 11.8 Å². The lowest BCUT2D eigenvalue weighted by molar-refractivity contribution is -0.164. The van der Waals surface area contributed by atoms with Crippen LogP contribution in [-0.2, 0) is 9.22 Å². The molecule has 1 fully saturated rings. The van der Waals surface area contributed by atoms with Gasteiger partial charge in [0.2, 0.25) is 0 Å². The van der Waals surface area contributed by atoms with Gasteiger partial charge in [-0.25, -0.2) is 0 Å². The van der Waals surface area contributed by atoms with Gasteiger partial charge in [-0.2, -0.15) is 0 Å². The SMILES string of the molecule is CC1(O[Si](C)(C)C)C(=O)C2CCC=CC21. The normalized spacial score (nSPS) is 39.9. The number of Topliss-reactive ketones (excluding diaryl/α,β-unsaturated/α-hetero) is 1. The predicted octanol–water partition coefficient (Wildman–Crippen LogP) is 2.76. The van der Waals surface area contributed by atoms with Crippen molar-refractivity contribution in [2.75, 3.05) is 0 Å². The minimum Gasteiger partial charge on any atom is -0.405 e. The van der Waals surface area contributed by atoms with E-state index in [9.17, 15) is 4.79 Å². The highest BCUT2D eigenvalue weighted by molar-refractivity contribution is 6.70. The van der Waals surface area contributed by atoms with Crippen LogP contribution in [0.4, 0.5) is 0 Å². The van der Waals surface area contributed by atoms with Crippen molar-refractivity contribution in [2.45, 2.75) is 45.0 Å². The van der Waals surface area contributed by atoms with Crippen molar-refractivity contribution in [2.24, 2.45) is 11.8 Å². The quantitative estimate of drug-likeness (QED) is 0.532. The monoisotopic (exact) mass is 224 g/mol. The van der Waals surface area contributed by atoms with Crippen molar-refractivity contribution in [1.29, 1.82) is 0 Å². The van der Waals surface area contributed by atoms with Crippen LogP contribution < -0.4 is 0 Å². The molecule has 0 N–H and O–H groups in total. The number of rotatable bonds is 2. The third-order valence-corrected chi connectivity index (χ3v) is 4.44. The molecule has 0 aromatic carbocycles. The lowest BCUT2D eigenvalue weighted by atomic mass is 9.58. The largest absolute Gasteiger partial charge is 0.405 e. The number of allylic oxidation sites excluding steroid dienone is 1. The second-order valence-electron chi connectivity index (χ2n) is 5.82. The molecule has 0 saturated heterocycles. The fraction of sp³-hybridized carbons (Fsp3) is 0.750. The van der Waals surface area contributed by atoms with Gasteiger partial charge in [0.15, 0.2) is 14.1 Å². The summed E-state index contributed by atoms with van der Waals surface area (Å²) in [4.78, 5) is 12.1. The van der Waals surface area contributed by atoms with Crippen LogP contribution in [-0.4, -0.2) is 19.7 Å². The Hall–Kier alpha value is -0.413. The summed E-state index contributed by atoms with van der Waals surface area (Å²) in [5, 5.41) is 0. The Bertz CT molecular complexity index is 316. The van der Waals surface area contributed by atoms with Crippen LogP contribution in [0.25, 0.3) is 0 Å². The molecule has 15 heavy (non-hydrogen) atoms. The smallest absolute Gasteiger partial charge is 0.185 e. The molecule has 0 bridgehead atoms. The molecule has 0 aliphatic heterocycles. The van der Waals surface area contributed by atoms with Crippen molar-refractivity contribution in [3.63, 3.8) is 0 Å². The average molecular weight is 224 g/mol. The molecule has 2 aliphatic carbocycles. The minimum absolute atomic E-state index is 0.247. The minimum atomic E-state index is -1.64. The highest BCUT2D eigenvalue weighted by atomic mass is 28.4. The van der Waals surface area contributed by atoms with Crippen LogP contribution >= 0.6 is 0 Å². The molecular formula is C12H20O2Si. The van der Waals surface area contributed by atoms with Gasteiger partial charge >= 0.3 is 0 Å². The van der Waals surface area contributed by atoms with Crippen LogP contribution in [0.5, 0.6) is 0 Å². The van der Waals surface area contributed by atoms with Gasteiger partial charge in [0.1, 0.15) is 5.60 Å². The molecule has 2 rings (SSSR count). The van der Waals surface area contributed by atoms with Crippen molar-refractivity contribution >= 4 is 14.1 Å². The molecule has 0 aromatic rings. The average Bonchev–Trinajstić information content (AvgIpc) is 2.15. The summed E-state index contributed by atoms with van der Waals surface area (Å²) in [6.07, 6.45) is 6.45. The van der Waals surface area contributed by atoms with Gasteiger partial charge in [-0.15, -0.1) is 0 Å². The van der Waals surface area contributed by atoms with Crippen LogP contribution in [0.1, 0.15) is 19.8 Å². The second-order valence-corrected chi connectivity index (χ2v) is 10.3. The Balaban J connectivity index is 2.18. The van der Waals surface area contributed by atoms with Gasteiger partial charge in [0, 0.05) is 11.8 Å². The maximum atomic E-state index is 12.1. The molecule has 0 radical (unpaired) electrons. The first-order valence-corrected chi connectivity index (χ1v) is 9.16. The first kappa shape index (κ1) is 11.1. The van der Waals surface area contributed by atoms with Gasteiger partial charge in [0.25, 0.3) is 0 Å². The Labute approximate surface area is 92.8 Å². The summed E-state index contributed by atoms with van der Waals surface area (Å²) in [7, 11) is -1.64. The number of hydrogen-bond acceptors (Lipinski definition) is 2. The zero-order chi connectivity index (χ0) is 11.3. The van der Waals surface area contributed by atoms with Crippen molar-refractivity contribution < 1.29 is 9.22 Å². The van der Waals surface area contributed by atoms with Crippen LogP contribution in [0.3, 0.4) is 0 Å². The van der Waals surface area contributed by atoms with Gasteiger partial charge in [0.05, 0.1) is 0 Å². The number of carbonyl (C=O) groups is 1. The first-order chi connectivity index (χ1) is 6.84. The Morgan fingerprint density at radius 1 is 1.47 bits per heavy atom. The van der Waals surface area contributed by atoms with E-state index in [-0.39, 0.29) is 5.92 Å². The van der Waals surface area contributed by atoms with E-state index in [1.54, 1.807) is 0 Å². The summed E-state index contributed by atoms with van der Waals surface area (Å²) in [6.45, 7) is 8.41. The Morgan fingerprint density at radius 3 is 2.73 bits per heavy atom. The molecule has 2 nitrogen and oxygen atoms in total. The molecule has 1 saturated carbocycles. The predicted molar refractivity (Wildman–Crippen MR) is 63.2 cm³/mol. The highest BCUT2D eigenvalue weighted by Gasteiger charge is 2.59. The lowest BCUT2D eigenvalue weighted by Gasteiger charge is -2.53. The number of ketones is 1. The molecule has 0 heterocycles. The zero-order valence-electron chi connectivity index (χ0n) is 10.0. The van der Waals surface area contributed by atoms with Crippen LogP contribution in [0.2, 0.25) is 19.6 Å². The third kappa shape index (κ3) is 1.72. The van der Waals surface area contributed by atoms with Gasteiger partial charge in [-0.05, 0) is 39.4 Å². The molecule has 0 amide bonds. The molecule has 3 atom stereocenters. The maximum absolute atomic E-state index is 12.1. The number of hydrogen-bond donors (Lipinski definition) is 0. The van der Waals surface area contributed by atoms with E-state index in [1.807, 2.05) is 6.92 Å². The number of carbonyl (C=O) groups excluding carboxylic acids is 1.